The van der Waals surface area contributed by atoms with Crippen molar-refractivity contribution in [3.05, 3.63) is 102 Å². The lowest BCUT2D eigenvalue weighted by Gasteiger charge is -2.25. The molecule has 3 rings (SSSR count). The molecule has 0 spiro atoms. The van der Waals surface area contributed by atoms with Crippen molar-refractivity contribution in [3.63, 3.8) is 0 Å². The number of rotatable bonds is 10. The molecular weight excluding hydrogens is 374 g/mol. The van der Waals surface area contributed by atoms with Crippen LogP contribution in [0.2, 0.25) is 0 Å². The molecule has 30 heavy (non-hydrogen) atoms. The van der Waals surface area contributed by atoms with Crippen LogP contribution in [0.4, 0.5) is 0 Å². The first kappa shape index (κ1) is 21.4. The highest BCUT2D eigenvalue weighted by Gasteiger charge is 2.20. The Morgan fingerprint density at radius 1 is 0.900 bits per heavy atom. The zero-order valence-electron chi connectivity index (χ0n) is 17.1. The molecule has 2 aromatic carbocycles. The Labute approximate surface area is 177 Å². The molecule has 2 unspecified atom stereocenters. The lowest BCUT2D eigenvalue weighted by atomic mass is 9.94. The number of hydrogen-bond acceptors (Lipinski definition) is 4. The van der Waals surface area contributed by atoms with E-state index in [4.69, 9.17) is 0 Å². The van der Waals surface area contributed by atoms with Gasteiger partial charge in [-0.05, 0) is 30.0 Å². The number of pyridine rings is 1. The highest BCUT2D eigenvalue weighted by molar-refractivity contribution is 5.97. The third kappa shape index (κ3) is 6.36. The first-order chi connectivity index (χ1) is 14.6. The first-order valence-electron chi connectivity index (χ1n) is 10.2. The number of nitrogens with zero attached hydrogens (tertiary/aromatic N) is 1. The molecule has 0 saturated carbocycles. The second-order valence-corrected chi connectivity index (χ2v) is 7.37. The molecule has 154 valence electrons. The molecular formula is C25H27N3O2. The van der Waals surface area contributed by atoms with Crippen LogP contribution in [0.25, 0.3) is 0 Å². The average Bonchev–Trinajstić information content (AvgIpc) is 2.81. The van der Waals surface area contributed by atoms with E-state index in [9.17, 15) is 9.59 Å². The van der Waals surface area contributed by atoms with Crippen LogP contribution in [0.3, 0.4) is 0 Å². The molecule has 0 bridgehead atoms. The van der Waals surface area contributed by atoms with Gasteiger partial charge in [0.25, 0.3) is 5.91 Å². The monoisotopic (exact) mass is 401 g/mol. The van der Waals surface area contributed by atoms with Gasteiger partial charge in [-0.15, -0.1) is 0 Å². The van der Waals surface area contributed by atoms with Crippen LogP contribution in [0.1, 0.15) is 33.3 Å². The number of hydrogen-bond donors (Lipinski definition) is 2. The van der Waals surface area contributed by atoms with Crippen molar-refractivity contribution < 1.29 is 9.59 Å². The summed E-state index contributed by atoms with van der Waals surface area (Å²) in [6.07, 6.45) is 2.37. The molecule has 1 heterocycles. The van der Waals surface area contributed by atoms with Crippen molar-refractivity contribution in [2.24, 2.45) is 5.92 Å². The van der Waals surface area contributed by atoms with Crippen LogP contribution in [0, 0.1) is 5.92 Å². The van der Waals surface area contributed by atoms with Gasteiger partial charge in [0.2, 0.25) is 0 Å². The summed E-state index contributed by atoms with van der Waals surface area (Å²) in [6, 6.07) is 24.7. The molecule has 0 fully saturated rings. The molecule has 5 nitrogen and oxygen atoms in total. The molecule has 1 aromatic heterocycles. The fourth-order valence-electron chi connectivity index (χ4n) is 3.28. The zero-order chi connectivity index (χ0) is 21.2. The Morgan fingerprint density at radius 2 is 1.57 bits per heavy atom. The number of ketones is 1. The summed E-state index contributed by atoms with van der Waals surface area (Å²) in [6.45, 7) is 2.81. The van der Waals surface area contributed by atoms with Gasteiger partial charge in [-0.3, -0.25) is 14.6 Å². The van der Waals surface area contributed by atoms with Gasteiger partial charge in [0.05, 0.1) is 6.54 Å². The first-order valence-corrected chi connectivity index (χ1v) is 10.2. The average molecular weight is 402 g/mol. The largest absolute Gasteiger partial charge is 0.350 e. The van der Waals surface area contributed by atoms with Gasteiger partial charge in [-0.25, -0.2) is 0 Å². The molecule has 0 radical (unpaired) electrons. The van der Waals surface area contributed by atoms with Gasteiger partial charge >= 0.3 is 0 Å². The normalized spacial score (nSPS) is 12.7. The van der Waals surface area contributed by atoms with Crippen molar-refractivity contribution in [2.45, 2.75) is 19.4 Å². The molecule has 5 heteroatoms. The minimum atomic E-state index is -0.193. The zero-order valence-corrected chi connectivity index (χ0v) is 17.1. The number of carbonyl (C=O) groups is 2. The van der Waals surface area contributed by atoms with E-state index in [0.29, 0.717) is 17.8 Å². The Balaban J connectivity index is 1.62. The number of amides is 1. The van der Waals surface area contributed by atoms with E-state index >= 15 is 0 Å². The van der Waals surface area contributed by atoms with Crippen molar-refractivity contribution in [2.75, 3.05) is 13.1 Å². The SMILES string of the molecule is CC(CNC(=O)c1ccccn1)C(Cc1ccccc1)NCC(=O)c1ccccc1. The lowest BCUT2D eigenvalue weighted by molar-refractivity contribution is 0.0933. The maximum Gasteiger partial charge on any atom is 0.269 e. The van der Waals surface area contributed by atoms with Crippen LogP contribution in [-0.2, 0) is 6.42 Å². The second kappa shape index (κ2) is 11.0. The van der Waals surface area contributed by atoms with Gasteiger partial charge in [0.15, 0.2) is 5.78 Å². The number of benzene rings is 2. The molecule has 2 atom stereocenters. The lowest BCUT2D eigenvalue weighted by Crippen LogP contribution is -2.44. The highest BCUT2D eigenvalue weighted by atomic mass is 16.2. The Bertz CT molecular complexity index is 930. The summed E-state index contributed by atoms with van der Waals surface area (Å²) in [7, 11) is 0. The second-order valence-electron chi connectivity index (χ2n) is 7.37. The van der Waals surface area contributed by atoms with E-state index in [0.717, 1.165) is 6.42 Å². The van der Waals surface area contributed by atoms with Gasteiger partial charge in [-0.1, -0.05) is 73.7 Å². The van der Waals surface area contributed by atoms with Crippen LogP contribution in [0.15, 0.2) is 85.1 Å². The van der Waals surface area contributed by atoms with Gasteiger partial charge in [0, 0.05) is 24.3 Å². The quantitative estimate of drug-likeness (QED) is 0.510. The molecule has 1 amide bonds. The molecule has 0 aliphatic carbocycles. The molecule has 0 saturated heterocycles. The van der Waals surface area contributed by atoms with Crippen molar-refractivity contribution in [1.29, 1.82) is 0 Å². The Hall–Kier alpha value is -3.31. The standard InChI is InChI=1S/C25H27N3O2/c1-19(17-28-25(30)22-14-8-9-15-26-22)23(16-20-10-4-2-5-11-20)27-18-24(29)21-12-6-3-7-13-21/h2-15,19,23,27H,16-18H2,1H3,(H,28,30). The van der Waals surface area contributed by atoms with Crippen molar-refractivity contribution in [1.82, 2.24) is 15.6 Å². The van der Waals surface area contributed by atoms with Crippen molar-refractivity contribution in [3.8, 4) is 0 Å². The predicted molar refractivity (Wildman–Crippen MR) is 118 cm³/mol. The van der Waals surface area contributed by atoms with Gasteiger partial charge in [0.1, 0.15) is 5.69 Å². The third-order valence-electron chi connectivity index (χ3n) is 5.09. The van der Waals surface area contributed by atoms with Crippen molar-refractivity contribution >= 4 is 11.7 Å². The van der Waals surface area contributed by atoms with Crippen LogP contribution >= 0.6 is 0 Å². The van der Waals surface area contributed by atoms with E-state index in [1.807, 2.05) is 48.5 Å². The number of carbonyl (C=O) groups excluding carboxylic acids is 2. The Kier molecular flexibility index (Phi) is 7.86. The minimum Gasteiger partial charge on any atom is -0.350 e. The van der Waals surface area contributed by atoms with E-state index in [2.05, 4.69) is 34.7 Å². The summed E-state index contributed by atoms with van der Waals surface area (Å²) in [5.74, 6) is -0.0268. The molecule has 2 N–H and O–H groups in total. The predicted octanol–water partition coefficient (Wildman–Crippen LogP) is 3.53. The number of Topliss-reactive ketones (excluding diaryl/α,β-unsaturated/α-hetero) is 1. The summed E-state index contributed by atoms with van der Waals surface area (Å²) >= 11 is 0. The fraction of sp³-hybridized carbons (Fsp3) is 0.240. The Morgan fingerprint density at radius 3 is 2.23 bits per heavy atom. The highest BCUT2D eigenvalue weighted by Crippen LogP contribution is 2.11. The van der Waals surface area contributed by atoms with Crippen LogP contribution in [-0.4, -0.2) is 35.8 Å². The molecule has 0 aliphatic heterocycles. The summed E-state index contributed by atoms with van der Waals surface area (Å²) in [4.78, 5) is 29.0. The topological polar surface area (TPSA) is 71.1 Å². The minimum absolute atomic E-state index is 0.0316. The van der Waals surface area contributed by atoms with E-state index < -0.39 is 0 Å². The number of nitrogens with one attached hydrogen (secondary N) is 2. The summed E-state index contributed by atoms with van der Waals surface area (Å²) in [5, 5.41) is 6.37. The maximum atomic E-state index is 12.5. The van der Waals surface area contributed by atoms with E-state index in [1.165, 1.54) is 5.56 Å². The van der Waals surface area contributed by atoms with Gasteiger partial charge < -0.3 is 10.6 Å². The summed E-state index contributed by atoms with van der Waals surface area (Å²) < 4.78 is 0. The third-order valence-corrected chi connectivity index (χ3v) is 5.09. The molecule has 3 aromatic rings. The van der Waals surface area contributed by atoms with Gasteiger partial charge in [-0.2, -0.15) is 0 Å². The summed E-state index contributed by atoms with van der Waals surface area (Å²) in [5.41, 5.74) is 2.28. The smallest absolute Gasteiger partial charge is 0.269 e. The van der Waals surface area contributed by atoms with Crippen LogP contribution < -0.4 is 10.6 Å². The molecule has 0 aliphatic rings. The van der Waals surface area contributed by atoms with E-state index in [-0.39, 0.29) is 30.2 Å². The maximum absolute atomic E-state index is 12.5. The fourth-order valence-corrected chi connectivity index (χ4v) is 3.28. The van der Waals surface area contributed by atoms with E-state index in [1.54, 1.807) is 24.4 Å². The van der Waals surface area contributed by atoms with Crippen LogP contribution in [0.5, 0.6) is 0 Å². The number of aromatic nitrogens is 1.